The zero-order valence-corrected chi connectivity index (χ0v) is 9.68. The lowest BCUT2D eigenvalue weighted by Gasteiger charge is -2.16. The van der Waals surface area contributed by atoms with Gasteiger partial charge in [-0.3, -0.25) is 10.2 Å². The number of benzene rings is 1. The van der Waals surface area contributed by atoms with Crippen molar-refractivity contribution in [3.05, 3.63) is 42.2 Å². The summed E-state index contributed by atoms with van der Waals surface area (Å²) in [4.78, 5) is 13.4. The Morgan fingerprint density at radius 1 is 1.35 bits per heavy atom. The summed E-state index contributed by atoms with van der Waals surface area (Å²) in [5.74, 6) is 1.07. The van der Waals surface area contributed by atoms with E-state index >= 15 is 0 Å². The van der Waals surface area contributed by atoms with Crippen molar-refractivity contribution >= 4 is 17.5 Å². The topological polar surface area (TPSA) is 58.4 Å². The number of carbonyl (C=O) groups is 1. The van der Waals surface area contributed by atoms with Crippen LogP contribution in [0.25, 0.3) is 0 Å². The molecule has 88 valence electrons. The van der Waals surface area contributed by atoms with Gasteiger partial charge in [-0.05, 0) is 19.1 Å². The maximum absolute atomic E-state index is 11.9. The van der Waals surface area contributed by atoms with Gasteiger partial charge in [-0.1, -0.05) is 23.4 Å². The van der Waals surface area contributed by atoms with Crippen molar-refractivity contribution in [2.75, 3.05) is 17.3 Å². The summed E-state index contributed by atoms with van der Waals surface area (Å²) in [5, 5.41) is 6.34. The summed E-state index contributed by atoms with van der Waals surface area (Å²) >= 11 is 0. The third kappa shape index (κ3) is 2.63. The fraction of sp³-hybridized carbons (Fsp3) is 0.167. The highest BCUT2D eigenvalue weighted by molar-refractivity contribution is 6.00. The van der Waals surface area contributed by atoms with Crippen molar-refractivity contribution in [1.29, 1.82) is 0 Å². The summed E-state index contributed by atoms with van der Waals surface area (Å²) in [5.41, 5.74) is 0.810. The number of para-hydroxylation sites is 1. The minimum Gasteiger partial charge on any atom is -0.360 e. The van der Waals surface area contributed by atoms with Crippen LogP contribution in [0.1, 0.15) is 5.76 Å². The summed E-state index contributed by atoms with van der Waals surface area (Å²) in [7, 11) is 1.69. The second-order valence-corrected chi connectivity index (χ2v) is 3.65. The van der Waals surface area contributed by atoms with E-state index in [2.05, 4.69) is 10.5 Å². The predicted octanol–water partition coefficient (Wildman–Crippen LogP) is 2.65. The average molecular weight is 231 g/mol. The molecule has 0 spiro atoms. The van der Waals surface area contributed by atoms with Gasteiger partial charge in [-0.15, -0.1) is 0 Å². The van der Waals surface area contributed by atoms with Gasteiger partial charge in [0.1, 0.15) is 5.76 Å². The maximum Gasteiger partial charge on any atom is 0.327 e. The smallest absolute Gasteiger partial charge is 0.327 e. The Bertz CT molecular complexity index is 507. The number of carbonyl (C=O) groups excluding carboxylic acids is 1. The molecule has 0 radical (unpaired) electrons. The number of hydrogen-bond donors (Lipinski definition) is 1. The van der Waals surface area contributed by atoms with E-state index in [9.17, 15) is 4.79 Å². The molecule has 2 amide bonds. The number of nitrogens with one attached hydrogen (secondary N) is 1. The fourth-order valence-corrected chi connectivity index (χ4v) is 1.39. The van der Waals surface area contributed by atoms with Crippen molar-refractivity contribution < 1.29 is 9.32 Å². The van der Waals surface area contributed by atoms with E-state index in [1.54, 1.807) is 20.0 Å². The normalized spacial score (nSPS) is 10.0. The van der Waals surface area contributed by atoms with E-state index in [1.165, 1.54) is 4.90 Å². The molecule has 0 aliphatic heterocycles. The molecule has 0 aliphatic rings. The zero-order chi connectivity index (χ0) is 12.3. The van der Waals surface area contributed by atoms with Crippen molar-refractivity contribution in [2.24, 2.45) is 0 Å². The Balaban J connectivity index is 2.06. The molecule has 0 saturated carbocycles. The highest BCUT2D eigenvalue weighted by Gasteiger charge is 2.12. The van der Waals surface area contributed by atoms with Crippen LogP contribution in [-0.4, -0.2) is 18.2 Å². The third-order valence-electron chi connectivity index (χ3n) is 2.31. The summed E-state index contributed by atoms with van der Waals surface area (Å²) in [6.45, 7) is 1.77. The number of urea groups is 1. The molecule has 1 heterocycles. The first-order chi connectivity index (χ1) is 8.16. The lowest BCUT2D eigenvalue weighted by Crippen LogP contribution is -2.31. The van der Waals surface area contributed by atoms with Gasteiger partial charge in [0, 0.05) is 18.8 Å². The molecule has 1 aromatic heterocycles. The molecule has 2 aromatic rings. The van der Waals surface area contributed by atoms with E-state index in [0.717, 1.165) is 5.69 Å². The predicted molar refractivity (Wildman–Crippen MR) is 65.1 cm³/mol. The molecule has 2 rings (SSSR count). The number of hydrogen-bond acceptors (Lipinski definition) is 3. The summed E-state index contributed by atoms with van der Waals surface area (Å²) in [6.07, 6.45) is 0. The van der Waals surface area contributed by atoms with E-state index in [0.29, 0.717) is 11.6 Å². The lowest BCUT2D eigenvalue weighted by molar-refractivity contribution is 0.257. The summed E-state index contributed by atoms with van der Waals surface area (Å²) < 4.78 is 4.87. The van der Waals surface area contributed by atoms with Gasteiger partial charge in [0.2, 0.25) is 0 Å². The summed E-state index contributed by atoms with van der Waals surface area (Å²) in [6, 6.07) is 10.8. The first-order valence-corrected chi connectivity index (χ1v) is 5.20. The molecule has 5 heteroatoms. The van der Waals surface area contributed by atoms with Crippen molar-refractivity contribution in [2.45, 2.75) is 6.92 Å². The van der Waals surface area contributed by atoms with Crippen LogP contribution in [0.2, 0.25) is 0 Å². The SMILES string of the molecule is Cc1cc(NC(=O)N(C)c2ccccc2)no1. The van der Waals surface area contributed by atoms with Crippen LogP contribution >= 0.6 is 0 Å². The van der Waals surface area contributed by atoms with Crippen molar-refractivity contribution in [1.82, 2.24) is 5.16 Å². The largest absolute Gasteiger partial charge is 0.360 e. The molecule has 0 atom stereocenters. The highest BCUT2D eigenvalue weighted by atomic mass is 16.5. The van der Waals surface area contributed by atoms with E-state index in [1.807, 2.05) is 30.3 Å². The van der Waals surface area contributed by atoms with E-state index in [4.69, 9.17) is 4.52 Å². The number of amides is 2. The lowest BCUT2D eigenvalue weighted by atomic mass is 10.3. The molecule has 0 bridgehead atoms. The van der Waals surface area contributed by atoms with Crippen LogP contribution in [0.5, 0.6) is 0 Å². The number of nitrogens with zero attached hydrogens (tertiary/aromatic N) is 2. The molecule has 1 N–H and O–H groups in total. The Hall–Kier alpha value is -2.30. The van der Waals surface area contributed by atoms with Gasteiger partial charge in [0.25, 0.3) is 0 Å². The Kier molecular flexibility index (Phi) is 3.09. The second-order valence-electron chi connectivity index (χ2n) is 3.65. The second kappa shape index (κ2) is 4.69. The molecular weight excluding hydrogens is 218 g/mol. The van der Waals surface area contributed by atoms with Gasteiger partial charge in [-0.2, -0.15) is 0 Å². The number of anilines is 2. The minimum atomic E-state index is -0.260. The third-order valence-corrected chi connectivity index (χ3v) is 2.31. The highest BCUT2D eigenvalue weighted by Crippen LogP contribution is 2.13. The van der Waals surface area contributed by atoms with Crippen molar-refractivity contribution in [3.63, 3.8) is 0 Å². The average Bonchev–Trinajstić information content (AvgIpc) is 2.75. The Morgan fingerprint density at radius 2 is 2.06 bits per heavy atom. The monoisotopic (exact) mass is 231 g/mol. The van der Waals surface area contributed by atoms with Crippen LogP contribution in [0, 0.1) is 6.92 Å². The molecule has 0 saturated heterocycles. The Morgan fingerprint density at radius 3 is 2.65 bits per heavy atom. The molecule has 0 unspecified atom stereocenters. The molecular formula is C12H13N3O2. The minimum absolute atomic E-state index is 0.260. The standard InChI is InChI=1S/C12H13N3O2/c1-9-8-11(14-17-9)13-12(16)15(2)10-6-4-3-5-7-10/h3-8H,1-2H3,(H,13,14,16). The van der Waals surface area contributed by atoms with Crippen molar-refractivity contribution in [3.8, 4) is 0 Å². The zero-order valence-electron chi connectivity index (χ0n) is 9.68. The number of rotatable bonds is 2. The van der Waals surface area contributed by atoms with Gasteiger partial charge in [0.15, 0.2) is 5.82 Å². The van der Waals surface area contributed by atoms with E-state index < -0.39 is 0 Å². The van der Waals surface area contributed by atoms with Crippen LogP contribution in [0.3, 0.4) is 0 Å². The van der Waals surface area contributed by atoms with Crippen LogP contribution in [-0.2, 0) is 0 Å². The number of aromatic nitrogens is 1. The van der Waals surface area contributed by atoms with E-state index in [-0.39, 0.29) is 6.03 Å². The van der Waals surface area contributed by atoms with Crippen LogP contribution < -0.4 is 10.2 Å². The molecule has 0 aliphatic carbocycles. The Labute approximate surface area is 99.0 Å². The first kappa shape index (κ1) is 11.2. The van der Waals surface area contributed by atoms with Crippen LogP contribution in [0.4, 0.5) is 16.3 Å². The van der Waals surface area contributed by atoms with Gasteiger partial charge in [-0.25, -0.2) is 4.79 Å². The maximum atomic E-state index is 11.9. The molecule has 0 fully saturated rings. The number of aryl methyl sites for hydroxylation is 1. The molecule has 1 aromatic carbocycles. The molecule has 5 nitrogen and oxygen atoms in total. The van der Waals surface area contributed by atoms with Gasteiger partial charge in [0.05, 0.1) is 0 Å². The van der Waals surface area contributed by atoms with Gasteiger partial charge >= 0.3 is 6.03 Å². The molecule has 17 heavy (non-hydrogen) atoms. The van der Waals surface area contributed by atoms with Gasteiger partial charge < -0.3 is 4.52 Å². The quantitative estimate of drug-likeness (QED) is 0.864. The fourth-order valence-electron chi connectivity index (χ4n) is 1.39. The van der Waals surface area contributed by atoms with Crippen LogP contribution in [0.15, 0.2) is 40.9 Å². The first-order valence-electron chi connectivity index (χ1n) is 5.20.